The normalized spacial score (nSPS) is 16.6. The second-order valence-corrected chi connectivity index (χ2v) is 6.24. The third-order valence-corrected chi connectivity index (χ3v) is 4.56. The molecule has 3 rings (SSSR count). The highest BCUT2D eigenvalue weighted by molar-refractivity contribution is 5.93. The summed E-state index contributed by atoms with van der Waals surface area (Å²) in [7, 11) is 0. The molecule has 0 saturated heterocycles. The van der Waals surface area contributed by atoms with Gasteiger partial charge in [-0.25, -0.2) is 4.79 Å². The monoisotopic (exact) mass is 359 g/mol. The SMILES string of the molecule is CCOC(=O)C1=C(C)NC(N)=C(C#N)C1c1ccc(-c2ccccc2)cc1. The van der Waals surface area contributed by atoms with Gasteiger partial charge in [-0.05, 0) is 30.5 Å². The molecule has 0 bridgehead atoms. The molecular weight excluding hydrogens is 338 g/mol. The number of nitriles is 1. The maximum absolute atomic E-state index is 12.6. The minimum absolute atomic E-state index is 0.260. The van der Waals surface area contributed by atoms with Crippen molar-refractivity contribution in [3.63, 3.8) is 0 Å². The van der Waals surface area contributed by atoms with Crippen LogP contribution in [0.5, 0.6) is 0 Å². The van der Waals surface area contributed by atoms with E-state index >= 15 is 0 Å². The third-order valence-electron chi connectivity index (χ3n) is 4.56. The Morgan fingerprint density at radius 1 is 1.15 bits per heavy atom. The highest BCUT2D eigenvalue weighted by Gasteiger charge is 2.34. The van der Waals surface area contributed by atoms with E-state index in [1.165, 1.54) is 0 Å². The highest BCUT2D eigenvalue weighted by Crippen LogP contribution is 2.38. The van der Waals surface area contributed by atoms with Crippen molar-refractivity contribution in [1.29, 1.82) is 5.26 Å². The number of rotatable bonds is 4. The van der Waals surface area contributed by atoms with Gasteiger partial charge in [0.1, 0.15) is 5.82 Å². The van der Waals surface area contributed by atoms with Crippen LogP contribution in [-0.2, 0) is 9.53 Å². The number of allylic oxidation sites excluding steroid dienone is 2. The molecular formula is C22H21N3O2. The van der Waals surface area contributed by atoms with Gasteiger partial charge in [-0.15, -0.1) is 0 Å². The minimum Gasteiger partial charge on any atom is -0.463 e. The first-order valence-electron chi connectivity index (χ1n) is 8.76. The van der Waals surface area contributed by atoms with Gasteiger partial charge >= 0.3 is 5.97 Å². The number of dihydropyridines is 1. The fourth-order valence-electron chi connectivity index (χ4n) is 3.29. The number of hydrogen-bond acceptors (Lipinski definition) is 5. The van der Waals surface area contributed by atoms with E-state index in [0.717, 1.165) is 16.7 Å². The predicted molar refractivity (Wildman–Crippen MR) is 104 cm³/mol. The van der Waals surface area contributed by atoms with Crippen LogP contribution in [0.15, 0.2) is 77.3 Å². The molecule has 1 heterocycles. The predicted octanol–water partition coefficient (Wildman–Crippen LogP) is 3.57. The highest BCUT2D eigenvalue weighted by atomic mass is 16.5. The Hall–Kier alpha value is -3.52. The molecule has 0 spiro atoms. The molecule has 0 aromatic heterocycles. The summed E-state index contributed by atoms with van der Waals surface area (Å²) in [6.45, 7) is 3.78. The number of esters is 1. The average Bonchev–Trinajstić information content (AvgIpc) is 2.68. The largest absolute Gasteiger partial charge is 0.463 e. The van der Waals surface area contributed by atoms with Crippen LogP contribution in [0.3, 0.4) is 0 Å². The summed E-state index contributed by atoms with van der Waals surface area (Å²) in [4.78, 5) is 12.6. The van der Waals surface area contributed by atoms with Crippen molar-refractivity contribution in [2.75, 3.05) is 6.61 Å². The fourth-order valence-corrected chi connectivity index (χ4v) is 3.29. The summed E-state index contributed by atoms with van der Waals surface area (Å²) in [6.07, 6.45) is 0. The Balaban J connectivity index is 2.06. The van der Waals surface area contributed by atoms with Crippen LogP contribution in [0, 0.1) is 11.3 Å². The van der Waals surface area contributed by atoms with Crippen molar-refractivity contribution in [3.8, 4) is 17.2 Å². The van der Waals surface area contributed by atoms with E-state index in [-0.39, 0.29) is 12.4 Å². The average molecular weight is 359 g/mol. The number of benzene rings is 2. The lowest BCUT2D eigenvalue weighted by molar-refractivity contribution is -0.138. The van der Waals surface area contributed by atoms with Gasteiger partial charge in [0, 0.05) is 5.70 Å². The number of hydrogen-bond donors (Lipinski definition) is 2. The lowest BCUT2D eigenvalue weighted by Gasteiger charge is -2.28. The van der Waals surface area contributed by atoms with E-state index < -0.39 is 11.9 Å². The molecule has 2 aromatic rings. The molecule has 5 nitrogen and oxygen atoms in total. The molecule has 3 N–H and O–H groups in total. The minimum atomic E-state index is -0.555. The first-order chi connectivity index (χ1) is 13.1. The van der Waals surface area contributed by atoms with E-state index in [4.69, 9.17) is 10.5 Å². The third kappa shape index (κ3) is 3.56. The lowest BCUT2D eigenvalue weighted by Crippen LogP contribution is -2.32. The molecule has 1 aliphatic heterocycles. The molecule has 5 heteroatoms. The van der Waals surface area contributed by atoms with Crippen LogP contribution >= 0.6 is 0 Å². The van der Waals surface area contributed by atoms with Gasteiger partial charge in [0.2, 0.25) is 0 Å². The van der Waals surface area contributed by atoms with Crippen molar-refractivity contribution < 1.29 is 9.53 Å². The van der Waals surface area contributed by atoms with Crippen LogP contribution in [0.25, 0.3) is 11.1 Å². The molecule has 0 saturated carbocycles. The Morgan fingerprint density at radius 2 is 1.78 bits per heavy atom. The number of nitrogens with two attached hydrogens (primary N) is 1. The number of ether oxygens (including phenoxy) is 1. The Labute approximate surface area is 158 Å². The number of carbonyl (C=O) groups is 1. The summed E-state index contributed by atoms with van der Waals surface area (Å²) in [5, 5.41) is 12.6. The smallest absolute Gasteiger partial charge is 0.336 e. The summed E-state index contributed by atoms with van der Waals surface area (Å²) in [5.74, 6) is -0.736. The van der Waals surface area contributed by atoms with Gasteiger partial charge in [0.25, 0.3) is 0 Å². The van der Waals surface area contributed by atoms with Crippen molar-refractivity contribution >= 4 is 5.97 Å². The zero-order valence-electron chi connectivity index (χ0n) is 15.3. The number of nitrogens with one attached hydrogen (secondary N) is 1. The van der Waals surface area contributed by atoms with Crippen LogP contribution in [-0.4, -0.2) is 12.6 Å². The first kappa shape index (κ1) is 18.3. The summed E-state index contributed by atoms with van der Waals surface area (Å²) >= 11 is 0. The second-order valence-electron chi connectivity index (χ2n) is 6.24. The molecule has 1 unspecified atom stereocenters. The molecule has 0 amide bonds. The zero-order valence-corrected chi connectivity index (χ0v) is 15.3. The molecule has 27 heavy (non-hydrogen) atoms. The maximum atomic E-state index is 12.6. The van der Waals surface area contributed by atoms with E-state index in [2.05, 4.69) is 11.4 Å². The van der Waals surface area contributed by atoms with Gasteiger partial charge in [-0.3, -0.25) is 0 Å². The first-order valence-corrected chi connectivity index (χ1v) is 8.76. The molecule has 2 aromatic carbocycles. The van der Waals surface area contributed by atoms with Crippen molar-refractivity contribution in [2.45, 2.75) is 19.8 Å². The molecule has 1 atom stereocenters. The van der Waals surface area contributed by atoms with Gasteiger partial charge in [-0.1, -0.05) is 54.6 Å². The van der Waals surface area contributed by atoms with Gasteiger partial charge in [0.05, 0.1) is 29.7 Å². The Bertz CT molecular complexity index is 951. The van der Waals surface area contributed by atoms with Crippen LogP contribution in [0.2, 0.25) is 0 Å². The maximum Gasteiger partial charge on any atom is 0.336 e. The topological polar surface area (TPSA) is 88.1 Å². The quantitative estimate of drug-likeness (QED) is 0.815. The Kier molecular flexibility index (Phi) is 5.28. The standard InChI is InChI=1S/C22H21N3O2/c1-3-27-22(26)19-14(2)25-21(24)18(13-23)20(19)17-11-9-16(10-12-17)15-7-5-4-6-8-15/h4-12,20,25H,3,24H2,1-2H3. The van der Waals surface area contributed by atoms with E-state index in [1.807, 2.05) is 54.6 Å². The number of nitrogens with zero attached hydrogens (tertiary/aromatic N) is 1. The van der Waals surface area contributed by atoms with Crippen LogP contribution in [0.4, 0.5) is 0 Å². The Morgan fingerprint density at radius 3 is 2.37 bits per heavy atom. The van der Waals surface area contributed by atoms with E-state index in [0.29, 0.717) is 16.8 Å². The molecule has 0 radical (unpaired) electrons. The zero-order chi connectivity index (χ0) is 19.4. The fraction of sp³-hybridized carbons (Fsp3) is 0.182. The van der Waals surface area contributed by atoms with E-state index in [9.17, 15) is 10.1 Å². The van der Waals surface area contributed by atoms with Crippen molar-refractivity contribution in [2.24, 2.45) is 5.73 Å². The lowest BCUT2D eigenvalue weighted by atomic mass is 9.81. The summed E-state index contributed by atoms with van der Waals surface area (Å²) in [6, 6.07) is 20.0. The molecule has 136 valence electrons. The molecule has 1 aliphatic rings. The summed E-state index contributed by atoms with van der Waals surface area (Å²) in [5.41, 5.74) is 10.3. The van der Waals surface area contributed by atoms with Crippen molar-refractivity contribution in [3.05, 3.63) is 82.8 Å². The van der Waals surface area contributed by atoms with Gasteiger partial charge in [-0.2, -0.15) is 5.26 Å². The van der Waals surface area contributed by atoms with E-state index in [1.54, 1.807) is 13.8 Å². The van der Waals surface area contributed by atoms with Crippen LogP contribution in [0.1, 0.15) is 25.3 Å². The van der Waals surface area contributed by atoms with Crippen LogP contribution < -0.4 is 11.1 Å². The summed E-state index contributed by atoms with van der Waals surface area (Å²) < 4.78 is 5.22. The van der Waals surface area contributed by atoms with Gasteiger partial charge in [0.15, 0.2) is 0 Å². The van der Waals surface area contributed by atoms with Crippen molar-refractivity contribution in [1.82, 2.24) is 5.32 Å². The molecule has 0 fully saturated rings. The molecule has 0 aliphatic carbocycles. The second kappa shape index (κ2) is 7.79. The number of carbonyl (C=O) groups excluding carboxylic acids is 1. The van der Waals surface area contributed by atoms with Gasteiger partial charge < -0.3 is 15.8 Å².